The van der Waals surface area contributed by atoms with Gasteiger partial charge in [-0.15, -0.1) is 0 Å². The maximum atomic E-state index is 15.5. The summed E-state index contributed by atoms with van der Waals surface area (Å²) in [6, 6.07) is 14.6. The molecule has 6 aromatic rings. The van der Waals surface area contributed by atoms with Crippen LogP contribution in [-0.4, -0.2) is 201 Å². The zero-order valence-corrected chi connectivity index (χ0v) is 57.5. The lowest BCUT2D eigenvalue weighted by Crippen LogP contribution is -2.53. The van der Waals surface area contributed by atoms with Gasteiger partial charge in [-0.2, -0.15) is 0 Å². The number of H-pyrrole nitrogens is 1. The lowest BCUT2D eigenvalue weighted by atomic mass is 9.81. The number of hydrogen-bond acceptors (Lipinski definition) is 21. The average Bonchev–Trinajstić information content (AvgIpc) is 1.63. The summed E-state index contributed by atoms with van der Waals surface area (Å²) in [6.07, 6.45) is 3.54. The molecule has 3 aromatic carbocycles. The van der Waals surface area contributed by atoms with Gasteiger partial charge in [0, 0.05) is 69.7 Å². The molecule has 30 heteroatoms. The molecular formula is C71H92FN11O18. The number of rotatable bonds is 46. The molecule has 5 heterocycles. The zero-order chi connectivity index (χ0) is 71.4. The minimum absolute atomic E-state index is 0.0376. The monoisotopic (exact) mass is 1410 g/mol. The molecular weight excluding hydrogens is 1310 g/mol. The molecule has 29 nitrogen and oxygen atoms in total. The standard InChI is InChI=1S/C71H92FN11O18/c1-4-71(90)54-40-61-65-52(43-83(61)68(87)53(54)45-100-69(71)88)64-57(17-16-50-46(2)55(72)41-59(79-65)63(50)64)81-70(89)101-44-47-12-14-49(15-13-47)77-66(85)58(11-7-8-19-74-3)80-67(86)60(39-48-42-75-56-10-6-5-9-51(48)56)78-62(84)18-21-91-23-25-93-27-29-95-31-33-97-35-37-99-38-36-98-34-32-96-30-28-94-26-24-92-22-20-76-82-73/h5-6,9-10,12-15,40-42,57-58,60,74-75,90H,4,7-8,11,16-39,43-45H2,1-3H3,(H,77,85)(H,78,84)(H,80,86)(H,81,89)/t57-,58-,60-,71-/m0/s1. The van der Waals surface area contributed by atoms with Crippen molar-refractivity contribution in [1.82, 2.24) is 35.8 Å². The quantitative estimate of drug-likeness (QED) is 0.00722. The number of carbonyl (C=O) groups is 5. The molecule has 0 spiro atoms. The first-order valence-electron chi connectivity index (χ1n) is 34.4. The molecule has 0 unspecified atom stereocenters. The molecule has 3 aliphatic rings. The van der Waals surface area contributed by atoms with Crippen LogP contribution in [-0.2, 0) is 109 Å². The maximum absolute atomic E-state index is 15.5. The number of hydrogen-bond donors (Lipinski definition) is 7. The maximum Gasteiger partial charge on any atom is 0.407 e. The number of amides is 4. The van der Waals surface area contributed by atoms with E-state index in [-0.39, 0.29) is 70.0 Å². The molecule has 0 radical (unpaired) electrons. The van der Waals surface area contributed by atoms with E-state index in [4.69, 9.17) is 62.6 Å². The van der Waals surface area contributed by atoms with E-state index in [9.17, 15) is 33.9 Å². The SMILES string of the molecule is CC[C@@]1(O)C(=O)OCc2c1cc1n(c2=O)Cc2c-1nc1cc(F)c(C)c3c1c2[C@@H](NC(=O)OCc1ccc(NC(=O)[C@H](CCCCNC)NC(=O)[C@H](Cc2c[nH]c4ccccc24)NC(=O)CCOCCOCCOCCOCCOCCOCCOCCOCCOCCN=[N+]=[N-])cc1)CC3. The molecule has 0 bridgehead atoms. The summed E-state index contributed by atoms with van der Waals surface area (Å²) >= 11 is 0. The van der Waals surface area contributed by atoms with E-state index in [1.807, 2.05) is 31.3 Å². The van der Waals surface area contributed by atoms with Crippen LogP contribution in [0.15, 0.2) is 76.8 Å². The van der Waals surface area contributed by atoms with Crippen LogP contribution in [0.1, 0.15) is 96.0 Å². The molecule has 0 saturated carbocycles. The highest BCUT2D eigenvalue weighted by atomic mass is 19.1. The number of pyridine rings is 2. The summed E-state index contributed by atoms with van der Waals surface area (Å²) in [5.74, 6) is -2.74. The number of nitrogens with one attached hydrogen (secondary N) is 6. The Morgan fingerprint density at radius 2 is 1.42 bits per heavy atom. The van der Waals surface area contributed by atoms with Crippen molar-refractivity contribution < 1.29 is 85.6 Å². The molecule has 3 aromatic heterocycles. The van der Waals surface area contributed by atoms with Gasteiger partial charge in [0.2, 0.25) is 17.7 Å². The number of benzene rings is 3. The summed E-state index contributed by atoms with van der Waals surface area (Å²) in [5.41, 5.74) is 12.3. The first-order chi connectivity index (χ1) is 49.2. The van der Waals surface area contributed by atoms with Crippen LogP contribution in [0, 0.1) is 12.7 Å². The number of azide groups is 1. The number of halogens is 1. The zero-order valence-electron chi connectivity index (χ0n) is 57.5. The average molecular weight is 1410 g/mol. The fourth-order valence-corrected chi connectivity index (χ4v) is 12.3. The van der Waals surface area contributed by atoms with Gasteiger partial charge >= 0.3 is 12.1 Å². The van der Waals surface area contributed by atoms with Gasteiger partial charge in [-0.25, -0.2) is 19.0 Å². The van der Waals surface area contributed by atoms with Crippen molar-refractivity contribution >= 4 is 57.3 Å². The number of fused-ring (bicyclic) bond motifs is 6. The van der Waals surface area contributed by atoms with Crippen molar-refractivity contribution in [1.29, 1.82) is 0 Å². The van der Waals surface area contributed by atoms with Crippen molar-refractivity contribution in [3.8, 4) is 11.4 Å². The summed E-state index contributed by atoms with van der Waals surface area (Å²) in [5, 5.41) is 31.3. The number of esters is 1. The molecule has 7 N–H and O–H groups in total. The Morgan fingerprint density at radius 1 is 0.792 bits per heavy atom. The van der Waals surface area contributed by atoms with Crippen LogP contribution in [0.5, 0.6) is 0 Å². The smallest absolute Gasteiger partial charge is 0.407 e. The van der Waals surface area contributed by atoms with Crippen LogP contribution in [0.4, 0.5) is 14.9 Å². The van der Waals surface area contributed by atoms with Crippen molar-refractivity contribution in [2.45, 2.75) is 109 Å². The van der Waals surface area contributed by atoms with Crippen LogP contribution in [0.25, 0.3) is 43.6 Å². The number of para-hydroxylation sites is 1. The third-order valence-corrected chi connectivity index (χ3v) is 17.7. The molecule has 101 heavy (non-hydrogen) atoms. The second-order valence-electron chi connectivity index (χ2n) is 24.4. The van der Waals surface area contributed by atoms with E-state index < -0.39 is 64.9 Å². The fourth-order valence-electron chi connectivity index (χ4n) is 12.3. The van der Waals surface area contributed by atoms with Crippen LogP contribution in [0.3, 0.4) is 0 Å². The second kappa shape index (κ2) is 39.6. The summed E-state index contributed by atoms with van der Waals surface area (Å²) in [6.45, 7) is 10.7. The van der Waals surface area contributed by atoms with Crippen molar-refractivity contribution in [2.75, 3.05) is 144 Å². The molecule has 1 aliphatic carbocycles. The van der Waals surface area contributed by atoms with Gasteiger partial charge in [0.15, 0.2) is 5.60 Å². The van der Waals surface area contributed by atoms with E-state index in [0.29, 0.717) is 188 Å². The van der Waals surface area contributed by atoms with Crippen molar-refractivity contribution in [3.05, 3.63) is 138 Å². The predicted octanol–water partition coefficient (Wildman–Crippen LogP) is 6.31. The van der Waals surface area contributed by atoms with Gasteiger partial charge < -0.3 is 93.3 Å². The Kier molecular flexibility index (Phi) is 30.1. The number of aromatic nitrogens is 3. The molecule has 9 rings (SSSR count). The third kappa shape index (κ3) is 21.3. The number of anilines is 1. The Labute approximate surface area is 584 Å². The Bertz CT molecular complexity index is 3870. The molecule has 4 atom stereocenters. The van der Waals surface area contributed by atoms with Gasteiger partial charge in [-0.3, -0.25) is 19.2 Å². The Balaban J connectivity index is 0.695. The molecule has 546 valence electrons. The minimum Gasteiger partial charge on any atom is -0.458 e. The highest BCUT2D eigenvalue weighted by Gasteiger charge is 2.46. The van der Waals surface area contributed by atoms with Gasteiger partial charge in [-0.05, 0) is 117 Å². The van der Waals surface area contributed by atoms with E-state index in [1.165, 1.54) is 10.6 Å². The van der Waals surface area contributed by atoms with Gasteiger partial charge in [0.1, 0.15) is 31.1 Å². The lowest BCUT2D eigenvalue weighted by molar-refractivity contribution is -0.172. The highest BCUT2D eigenvalue weighted by molar-refractivity contribution is 5.99. The molecule has 2 aliphatic heterocycles. The van der Waals surface area contributed by atoms with Crippen molar-refractivity contribution in [2.24, 2.45) is 5.11 Å². The number of ether oxygens (including phenoxy) is 11. The number of nitrogens with zero attached hydrogens (tertiary/aromatic N) is 5. The first kappa shape index (κ1) is 76.7. The Hall–Kier alpha value is -8.49. The van der Waals surface area contributed by atoms with E-state index in [1.54, 1.807) is 50.4 Å². The summed E-state index contributed by atoms with van der Waals surface area (Å²) < 4.78 is 77.7. The first-order valence-corrected chi connectivity index (χ1v) is 34.4. The van der Waals surface area contributed by atoms with E-state index in [0.717, 1.165) is 28.5 Å². The number of cyclic esters (lactones) is 1. The number of carbonyl (C=O) groups excluding carboxylic acids is 5. The number of aliphatic hydroxyl groups is 1. The normalized spacial score (nSPS) is 15.7. The Morgan fingerprint density at radius 3 is 2.04 bits per heavy atom. The number of aryl methyl sites for hydroxylation is 1. The number of alkyl carbamates (subject to hydrolysis) is 1. The van der Waals surface area contributed by atoms with Gasteiger partial charge in [0.05, 0.1) is 154 Å². The van der Waals surface area contributed by atoms with E-state index in [2.05, 4.69) is 41.6 Å². The van der Waals surface area contributed by atoms with E-state index >= 15 is 4.39 Å². The van der Waals surface area contributed by atoms with Gasteiger partial charge in [-0.1, -0.05) is 42.4 Å². The topological polar surface area (TPSA) is 367 Å². The van der Waals surface area contributed by atoms with Crippen LogP contribution in [0.2, 0.25) is 0 Å². The summed E-state index contributed by atoms with van der Waals surface area (Å²) in [7, 11) is 1.83. The molecule has 0 fully saturated rings. The molecule has 0 saturated heterocycles. The number of aromatic amines is 1. The van der Waals surface area contributed by atoms with Gasteiger partial charge in [0.25, 0.3) is 5.56 Å². The highest BCUT2D eigenvalue weighted by Crippen LogP contribution is 2.46. The largest absolute Gasteiger partial charge is 0.458 e. The summed E-state index contributed by atoms with van der Waals surface area (Å²) in [4.78, 5) is 93.7. The number of unbranched alkanes of at least 4 members (excludes halogenated alkanes) is 1. The predicted molar refractivity (Wildman–Crippen MR) is 368 cm³/mol. The minimum atomic E-state index is -2.04. The lowest BCUT2D eigenvalue weighted by Gasteiger charge is -2.31. The van der Waals surface area contributed by atoms with Crippen LogP contribution < -0.4 is 32.1 Å². The third-order valence-electron chi connectivity index (χ3n) is 17.7. The second-order valence-corrected chi connectivity index (χ2v) is 24.4. The fraction of sp³-hybridized carbons (Fsp3) is 0.535. The van der Waals surface area contributed by atoms with Crippen LogP contribution >= 0.6 is 0 Å². The van der Waals surface area contributed by atoms with Crippen molar-refractivity contribution in [3.63, 3.8) is 0 Å². The molecule has 4 amide bonds.